The van der Waals surface area contributed by atoms with Gasteiger partial charge in [-0.3, -0.25) is 19.5 Å². The van der Waals surface area contributed by atoms with Gasteiger partial charge in [0.1, 0.15) is 0 Å². The molecule has 202 valence electrons. The number of anilines is 2. The number of nitrogens with zero attached hydrogens (tertiary/aromatic N) is 2. The second kappa shape index (κ2) is 11.0. The maximum Gasteiger partial charge on any atom is 0.338 e. The first-order chi connectivity index (χ1) is 19.4. The molecule has 1 saturated heterocycles. The van der Waals surface area contributed by atoms with E-state index < -0.39 is 23.4 Å². The van der Waals surface area contributed by atoms with Crippen LogP contribution in [0.2, 0.25) is 0 Å². The molecule has 0 saturated carbocycles. The van der Waals surface area contributed by atoms with E-state index >= 15 is 0 Å². The maximum absolute atomic E-state index is 14.1. The van der Waals surface area contributed by atoms with Crippen molar-refractivity contribution in [2.45, 2.75) is 25.8 Å². The molecule has 40 heavy (non-hydrogen) atoms. The van der Waals surface area contributed by atoms with Crippen LogP contribution < -0.4 is 10.2 Å². The number of aromatic nitrogens is 1. The van der Waals surface area contributed by atoms with Crippen LogP contribution in [0.5, 0.6) is 0 Å². The average molecular weight is 538 g/mol. The monoisotopic (exact) mass is 537 g/mol. The molecule has 0 bridgehead atoms. The molecule has 2 amide bonds. The molecule has 0 spiro atoms. The molecule has 1 unspecified atom stereocenters. The largest absolute Gasteiger partial charge is 0.462 e. The van der Waals surface area contributed by atoms with Gasteiger partial charge in [0.05, 0.1) is 36.3 Å². The first-order valence-corrected chi connectivity index (χ1v) is 12.9. The fourth-order valence-corrected chi connectivity index (χ4v) is 4.84. The van der Waals surface area contributed by atoms with Gasteiger partial charge < -0.3 is 14.8 Å². The predicted octanol–water partition coefficient (Wildman–Crippen LogP) is 4.86. The van der Waals surface area contributed by atoms with Crippen molar-refractivity contribution in [3.63, 3.8) is 0 Å². The van der Waals surface area contributed by atoms with E-state index in [4.69, 9.17) is 9.47 Å². The van der Waals surface area contributed by atoms with Crippen LogP contribution >= 0.6 is 0 Å². The lowest BCUT2D eigenvalue weighted by molar-refractivity contribution is -0.137. The summed E-state index contributed by atoms with van der Waals surface area (Å²) in [5.41, 5.74) is 1.62. The number of amides is 2. The first-order valence-electron chi connectivity index (χ1n) is 12.9. The van der Waals surface area contributed by atoms with Crippen molar-refractivity contribution in [1.82, 2.24) is 4.98 Å². The SMILES string of the molecule is CCOC(=O)c1ccc(NC(=O)C2(c3ccc4ncccc4c3)CC(=O)N2c2ccc(C(=O)OCC)cc2)cc1. The third-order valence-corrected chi connectivity index (χ3v) is 6.78. The Morgan fingerprint density at radius 3 is 2.10 bits per heavy atom. The highest BCUT2D eigenvalue weighted by molar-refractivity contribution is 6.17. The number of benzene rings is 3. The Balaban J connectivity index is 1.53. The topological polar surface area (TPSA) is 115 Å². The van der Waals surface area contributed by atoms with Crippen molar-refractivity contribution in [3.8, 4) is 0 Å². The molecular weight excluding hydrogens is 510 g/mol. The molecule has 9 heteroatoms. The van der Waals surface area contributed by atoms with E-state index in [2.05, 4.69) is 10.3 Å². The summed E-state index contributed by atoms with van der Waals surface area (Å²) in [5, 5.41) is 3.74. The highest BCUT2D eigenvalue weighted by Crippen LogP contribution is 2.46. The number of esters is 2. The Morgan fingerprint density at radius 2 is 1.50 bits per heavy atom. The highest BCUT2D eigenvalue weighted by Gasteiger charge is 2.58. The number of nitrogens with one attached hydrogen (secondary N) is 1. The van der Waals surface area contributed by atoms with Crippen LogP contribution in [0.1, 0.15) is 46.5 Å². The standard InChI is InChI=1S/C31H27N3O6/c1-3-39-28(36)20-7-12-24(13-8-20)33-30(38)31(23-11-16-26-22(18-23)6-5-17-32-26)19-27(35)34(31)25-14-9-21(10-15-25)29(37)40-4-2/h5-18H,3-4,19H2,1-2H3,(H,33,38). The minimum atomic E-state index is -1.37. The number of pyridine rings is 1. The summed E-state index contributed by atoms with van der Waals surface area (Å²) in [5.74, 6) is -1.60. The number of ether oxygens (including phenoxy) is 2. The van der Waals surface area contributed by atoms with Crippen molar-refractivity contribution in [2.75, 3.05) is 23.4 Å². The van der Waals surface area contributed by atoms with Crippen molar-refractivity contribution < 1.29 is 28.7 Å². The quantitative estimate of drug-likeness (QED) is 0.252. The minimum Gasteiger partial charge on any atom is -0.462 e. The molecule has 5 rings (SSSR count). The molecule has 3 aromatic carbocycles. The molecule has 4 aromatic rings. The van der Waals surface area contributed by atoms with Crippen LogP contribution in [0.15, 0.2) is 85.1 Å². The van der Waals surface area contributed by atoms with Gasteiger partial charge in [-0.1, -0.05) is 12.1 Å². The number of carbonyl (C=O) groups excluding carboxylic acids is 4. The van der Waals surface area contributed by atoms with Gasteiger partial charge in [-0.2, -0.15) is 0 Å². The molecule has 1 N–H and O–H groups in total. The molecule has 1 aromatic heterocycles. The van der Waals surface area contributed by atoms with Crippen LogP contribution in [0.3, 0.4) is 0 Å². The van der Waals surface area contributed by atoms with Gasteiger partial charge in [0.25, 0.3) is 5.91 Å². The third kappa shape index (κ3) is 4.77. The average Bonchev–Trinajstić information content (AvgIpc) is 2.96. The zero-order chi connectivity index (χ0) is 28.3. The maximum atomic E-state index is 14.1. The third-order valence-electron chi connectivity index (χ3n) is 6.78. The van der Waals surface area contributed by atoms with Crippen LogP contribution in [0.4, 0.5) is 11.4 Å². The number of carbonyl (C=O) groups is 4. The van der Waals surface area contributed by atoms with E-state index in [1.807, 2.05) is 24.3 Å². The van der Waals surface area contributed by atoms with Crippen LogP contribution in [-0.4, -0.2) is 42.0 Å². The molecule has 0 radical (unpaired) electrons. The van der Waals surface area contributed by atoms with E-state index in [0.29, 0.717) is 28.1 Å². The van der Waals surface area contributed by atoms with Crippen molar-refractivity contribution in [2.24, 2.45) is 0 Å². The zero-order valence-electron chi connectivity index (χ0n) is 22.0. The Hall–Kier alpha value is -5.05. The molecule has 1 aliphatic rings. The lowest BCUT2D eigenvalue weighted by atomic mass is 9.75. The van der Waals surface area contributed by atoms with E-state index in [1.165, 1.54) is 4.90 Å². The van der Waals surface area contributed by atoms with Crippen molar-refractivity contribution >= 4 is 46.0 Å². The predicted molar refractivity (Wildman–Crippen MR) is 149 cm³/mol. The van der Waals surface area contributed by atoms with Gasteiger partial charge in [0.15, 0.2) is 5.54 Å². The fraction of sp³-hybridized carbons (Fsp3) is 0.194. The normalized spacial score (nSPS) is 16.2. The van der Waals surface area contributed by atoms with E-state index in [0.717, 1.165) is 10.9 Å². The van der Waals surface area contributed by atoms with Crippen molar-refractivity contribution in [3.05, 3.63) is 102 Å². The Kier molecular flexibility index (Phi) is 7.29. The van der Waals surface area contributed by atoms with Gasteiger partial charge in [-0.15, -0.1) is 0 Å². The highest BCUT2D eigenvalue weighted by atomic mass is 16.5. The lowest BCUT2D eigenvalue weighted by Gasteiger charge is -2.50. The molecular formula is C31H27N3O6. The van der Waals surface area contributed by atoms with Crippen molar-refractivity contribution in [1.29, 1.82) is 0 Å². The van der Waals surface area contributed by atoms with Gasteiger partial charge >= 0.3 is 11.9 Å². The van der Waals surface area contributed by atoms with E-state index in [-0.39, 0.29) is 25.5 Å². The number of β-lactam (4-membered cyclic amide) rings is 1. The van der Waals surface area contributed by atoms with Crippen LogP contribution in [0, 0.1) is 0 Å². The van der Waals surface area contributed by atoms with Gasteiger partial charge in [0.2, 0.25) is 5.91 Å². The van der Waals surface area contributed by atoms with Crippen LogP contribution in [0.25, 0.3) is 10.9 Å². The Labute approximate surface area is 230 Å². The van der Waals surface area contributed by atoms with Gasteiger partial charge in [0, 0.05) is 23.0 Å². The molecule has 1 atom stereocenters. The first kappa shape index (κ1) is 26.6. The summed E-state index contributed by atoms with van der Waals surface area (Å²) < 4.78 is 10.1. The van der Waals surface area contributed by atoms with Crippen LogP contribution in [-0.2, 0) is 24.6 Å². The van der Waals surface area contributed by atoms with Gasteiger partial charge in [-0.05, 0) is 86.1 Å². The van der Waals surface area contributed by atoms with E-state index in [1.54, 1.807) is 74.6 Å². The number of hydrogen-bond acceptors (Lipinski definition) is 7. The lowest BCUT2D eigenvalue weighted by Crippen LogP contribution is -2.67. The molecule has 9 nitrogen and oxygen atoms in total. The summed E-state index contributed by atoms with van der Waals surface area (Å²) in [6, 6.07) is 21.9. The Bertz CT molecular complexity index is 1600. The Morgan fingerprint density at radius 1 is 0.875 bits per heavy atom. The summed E-state index contributed by atoms with van der Waals surface area (Å²) >= 11 is 0. The molecule has 2 heterocycles. The summed E-state index contributed by atoms with van der Waals surface area (Å²) in [4.78, 5) is 57.2. The fourth-order valence-electron chi connectivity index (χ4n) is 4.84. The summed E-state index contributed by atoms with van der Waals surface area (Å²) in [6.07, 6.45) is 1.62. The number of hydrogen-bond donors (Lipinski definition) is 1. The summed E-state index contributed by atoms with van der Waals surface area (Å²) in [7, 11) is 0. The minimum absolute atomic E-state index is 0.0643. The number of rotatable bonds is 8. The van der Waals surface area contributed by atoms with Gasteiger partial charge in [-0.25, -0.2) is 9.59 Å². The summed E-state index contributed by atoms with van der Waals surface area (Å²) in [6.45, 7) is 3.95. The second-order valence-electron chi connectivity index (χ2n) is 9.20. The zero-order valence-corrected chi connectivity index (χ0v) is 22.0. The second-order valence-corrected chi connectivity index (χ2v) is 9.20. The van der Waals surface area contributed by atoms with E-state index in [9.17, 15) is 19.2 Å². The smallest absolute Gasteiger partial charge is 0.338 e. The number of fused-ring (bicyclic) bond motifs is 1. The molecule has 1 aliphatic heterocycles. The molecule has 0 aliphatic carbocycles. The molecule has 1 fully saturated rings.